The molecule has 0 heterocycles. The molecule has 8 aliphatic carbocycles. The molecule has 8 saturated carbocycles. The van der Waals surface area contributed by atoms with Gasteiger partial charge in [-0.3, -0.25) is 0 Å². The minimum atomic E-state index is -2.13. The number of hydrogen-bond acceptors (Lipinski definition) is 0. The average molecular weight is 398 g/mol. The Balaban J connectivity index is 1.21. The number of halogens is 2. The monoisotopic (exact) mass is 396 g/mol. The second-order valence-electron chi connectivity index (χ2n) is 12.0. The topological polar surface area (TPSA) is 0 Å². The van der Waals surface area contributed by atoms with Crippen molar-refractivity contribution in [1.82, 2.24) is 0 Å². The molecular formula is C22H34Cl2Si. The Labute approximate surface area is 164 Å². The van der Waals surface area contributed by atoms with Crippen LogP contribution in [-0.4, -0.2) is 6.69 Å². The summed E-state index contributed by atoms with van der Waals surface area (Å²) in [6, 6.07) is 2.49. The summed E-state index contributed by atoms with van der Waals surface area (Å²) in [7, 11) is 0. The van der Waals surface area contributed by atoms with Crippen molar-refractivity contribution in [1.29, 1.82) is 0 Å². The van der Waals surface area contributed by atoms with E-state index >= 15 is 0 Å². The quantitative estimate of drug-likeness (QED) is 0.344. The summed E-state index contributed by atoms with van der Waals surface area (Å²) in [5.74, 6) is 6.19. The highest BCUT2D eigenvalue weighted by Crippen LogP contribution is 2.66. The maximum Gasteiger partial charge on any atom is 0.252 e. The molecule has 0 aliphatic heterocycles. The normalized spacial score (nSPS) is 55.9. The molecule has 0 radical (unpaired) electrons. The van der Waals surface area contributed by atoms with Gasteiger partial charge in [-0.1, -0.05) is 0 Å². The van der Waals surface area contributed by atoms with Crippen LogP contribution in [0.25, 0.3) is 0 Å². The van der Waals surface area contributed by atoms with Crippen LogP contribution in [0.2, 0.25) is 12.1 Å². The molecule has 0 aromatic carbocycles. The van der Waals surface area contributed by atoms with Crippen LogP contribution in [-0.2, 0) is 0 Å². The predicted molar refractivity (Wildman–Crippen MR) is 108 cm³/mol. The molecule has 0 unspecified atom stereocenters. The summed E-state index contributed by atoms with van der Waals surface area (Å²) in [6.07, 6.45) is 18.1. The van der Waals surface area contributed by atoms with E-state index in [1.165, 1.54) is 89.1 Å². The molecule has 8 aliphatic rings. The van der Waals surface area contributed by atoms with Crippen LogP contribution < -0.4 is 0 Å². The van der Waals surface area contributed by atoms with Gasteiger partial charge in [0.15, 0.2) is 0 Å². The molecule has 0 aromatic rings. The Kier molecular flexibility index (Phi) is 3.64. The summed E-state index contributed by atoms with van der Waals surface area (Å²) in [5.41, 5.74) is 1.15. The van der Waals surface area contributed by atoms with Gasteiger partial charge in [0.1, 0.15) is 0 Å². The van der Waals surface area contributed by atoms with E-state index in [4.69, 9.17) is 22.2 Å². The highest BCUT2D eigenvalue weighted by molar-refractivity contribution is 7.45. The van der Waals surface area contributed by atoms with E-state index in [-0.39, 0.29) is 0 Å². The van der Waals surface area contributed by atoms with E-state index in [1.54, 1.807) is 0 Å². The SMILES string of the molecule is Cl[Si](Cl)(CC12CC3CC(CC(C3)C1)C2)CC12CC3CC(CC(C3)C1)C2. The van der Waals surface area contributed by atoms with Crippen LogP contribution >= 0.6 is 22.2 Å². The van der Waals surface area contributed by atoms with Gasteiger partial charge in [-0.2, -0.15) is 0 Å². The molecular weight excluding hydrogens is 363 g/mol. The molecule has 0 atom stereocenters. The first-order valence-electron chi connectivity index (χ1n) is 11.3. The van der Waals surface area contributed by atoms with Crippen molar-refractivity contribution in [2.45, 2.75) is 89.1 Å². The molecule has 0 amide bonds. The largest absolute Gasteiger partial charge is 0.252 e. The fourth-order valence-corrected chi connectivity index (χ4v) is 16.8. The Morgan fingerprint density at radius 1 is 0.520 bits per heavy atom. The average Bonchev–Trinajstić information content (AvgIpc) is 2.40. The lowest BCUT2D eigenvalue weighted by atomic mass is 9.50. The fraction of sp³-hybridized carbons (Fsp3) is 1.00. The zero-order chi connectivity index (χ0) is 16.9. The first kappa shape index (κ1) is 16.7. The maximum atomic E-state index is 7.31. The Morgan fingerprint density at radius 2 is 0.760 bits per heavy atom. The minimum Gasteiger partial charge on any atom is -0.146 e. The van der Waals surface area contributed by atoms with Crippen molar-refractivity contribution >= 4 is 28.9 Å². The molecule has 8 rings (SSSR count). The molecule has 0 nitrogen and oxygen atoms in total. The summed E-state index contributed by atoms with van der Waals surface area (Å²) in [6.45, 7) is -2.13. The molecule has 0 N–H and O–H groups in total. The second kappa shape index (κ2) is 5.44. The van der Waals surface area contributed by atoms with Crippen LogP contribution in [0.1, 0.15) is 77.0 Å². The maximum absolute atomic E-state index is 7.31. The molecule has 25 heavy (non-hydrogen) atoms. The van der Waals surface area contributed by atoms with Crippen molar-refractivity contribution in [3.63, 3.8) is 0 Å². The van der Waals surface area contributed by atoms with E-state index in [9.17, 15) is 0 Å². The van der Waals surface area contributed by atoms with Crippen LogP contribution in [0.3, 0.4) is 0 Å². The highest BCUT2D eigenvalue weighted by Gasteiger charge is 2.57. The predicted octanol–water partition coefficient (Wildman–Crippen LogP) is 7.34. The van der Waals surface area contributed by atoms with Crippen LogP contribution in [0.15, 0.2) is 0 Å². The summed E-state index contributed by atoms with van der Waals surface area (Å²) in [4.78, 5) is 0. The van der Waals surface area contributed by atoms with Gasteiger partial charge in [0.25, 0.3) is 6.69 Å². The van der Waals surface area contributed by atoms with Gasteiger partial charge >= 0.3 is 0 Å². The Morgan fingerprint density at radius 3 is 1.00 bits per heavy atom. The third-order valence-corrected chi connectivity index (χ3v) is 13.7. The van der Waals surface area contributed by atoms with Crippen molar-refractivity contribution < 1.29 is 0 Å². The highest BCUT2D eigenvalue weighted by atomic mass is 35.7. The number of hydrogen-bond donors (Lipinski definition) is 0. The minimum absolute atomic E-state index is 0.576. The summed E-state index contributed by atoms with van der Waals surface area (Å²) < 4.78 is 0. The van der Waals surface area contributed by atoms with Gasteiger partial charge in [0.05, 0.1) is 0 Å². The van der Waals surface area contributed by atoms with Gasteiger partial charge in [-0.15, -0.1) is 22.2 Å². The lowest BCUT2D eigenvalue weighted by Gasteiger charge is -2.60. The van der Waals surface area contributed by atoms with E-state index in [1.807, 2.05) is 0 Å². The van der Waals surface area contributed by atoms with Gasteiger partial charge in [-0.25, -0.2) is 0 Å². The Bertz CT molecular complexity index is 450. The first-order valence-corrected chi connectivity index (χ1v) is 15.7. The second-order valence-corrected chi connectivity index (χ2v) is 19.4. The summed E-state index contributed by atoms with van der Waals surface area (Å²) >= 11 is 14.6. The molecule has 140 valence electrons. The van der Waals surface area contributed by atoms with Gasteiger partial charge in [-0.05, 0) is 135 Å². The molecule has 8 bridgehead atoms. The third-order valence-electron chi connectivity index (χ3n) is 9.60. The van der Waals surface area contributed by atoms with Crippen LogP contribution in [0.4, 0.5) is 0 Å². The Hall–Kier alpha value is 0.797. The lowest BCUT2D eigenvalue weighted by molar-refractivity contribution is -0.0463. The lowest BCUT2D eigenvalue weighted by Crippen LogP contribution is -2.51. The molecule has 0 saturated heterocycles. The van der Waals surface area contributed by atoms with Gasteiger partial charge < -0.3 is 0 Å². The molecule has 3 heteroatoms. The van der Waals surface area contributed by atoms with Crippen LogP contribution in [0.5, 0.6) is 0 Å². The van der Waals surface area contributed by atoms with Gasteiger partial charge in [0.2, 0.25) is 0 Å². The van der Waals surface area contributed by atoms with E-state index in [0.29, 0.717) is 10.8 Å². The van der Waals surface area contributed by atoms with E-state index < -0.39 is 6.69 Å². The standard InChI is InChI=1S/C22H34Cl2Si/c23-25(24,13-21-7-15-1-16(8-21)3-17(2-15)9-21)14-22-10-18-4-19(11-22)6-20(5-18)12-22/h15-20H,1-14H2. The third kappa shape index (κ3) is 2.89. The van der Waals surface area contributed by atoms with Crippen molar-refractivity contribution in [2.75, 3.05) is 0 Å². The number of rotatable bonds is 4. The first-order chi connectivity index (χ1) is 11.9. The van der Waals surface area contributed by atoms with Gasteiger partial charge in [0, 0.05) is 0 Å². The zero-order valence-electron chi connectivity index (χ0n) is 15.6. The zero-order valence-corrected chi connectivity index (χ0v) is 18.1. The van der Waals surface area contributed by atoms with Crippen molar-refractivity contribution in [3.8, 4) is 0 Å². The summed E-state index contributed by atoms with van der Waals surface area (Å²) in [5, 5.41) is 0. The molecule has 8 fully saturated rings. The van der Waals surface area contributed by atoms with E-state index in [2.05, 4.69) is 0 Å². The smallest absolute Gasteiger partial charge is 0.146 e. The van der Waals surface area contributed by atoms with Crippen molar-refractivity contribution in [2.24, 2.45) is 46.3 Å². The van der Waals surface area contributed by atoms with Crippen LogP contribution in [0, 0.1) is 46.3 Å². The fourth-order valence-electron chi connectivity index (χ4n) is 10.2. The molecule has 0 spiro atoms. The van der Waals surface area contributed by atoms with E-state index in [0.717, 1.165) is 35.5 Å². The van der Waals surface area contributed by atoms with Crippen molar-refractivity contribution in [3.05, 3.63) is 0 Å². The molecule has 0 aromatic heterocycles.